The summed E-state index contributed by atoms with van der Waals surface area (Å²) in [4.78, 5) is 28.9. The second kappa shape index (κ2) is 5.73. The van der Waals surface area contributed by atoms with Crippen molar-refractivity contribution in [2.45, 2.75) is 19.9 Å². The first-order valence-corrected chi connectivity index (χ1v) is 7.30. The lowest BCUT2D eigenvalue weighted by Crippen LogP contribution is -2.33. The molecule has 0 unspecified atom stereocenters. The zero-order valence-corrected chi connectivity index (χ0v) is 12.1. The third kappa shape index (κ3) is 2.58. The van der Waals surface area contributed by atoms with E-state index in [0.29, 0.717) is 43.9 Å². The number of nitrogens with one attached hydrogen (secondary N) is 1. The predicted octanol–water partition coefficient (Wildman–Crippen LogP) is 1.21. The maximum atomic E-state index is 12.5. The molecule has 1 aromatic heterocycles. The van der Waals surface area contributed by atoms with Gasteiger partial charge in [-0.2, -0.15) is 0 Å². The highest BCUT2D eigenvalue weighted by Crippen LogP contribution is 2.15. The average Bonchev–Trinajstić information content (AvgIpc) is 2.68. The molecule has 1 aromatic carbocycles. The largest absolute Gasteiger partial charge is 0.380 e. The van der Waals surface area contributed by atoms with Crippen LogP contribution in [-0.4, -0.2) is 46.7 Å². The van der Waals surface area contributed by atoms with Crippen molar-refractivity contribution >= 4 is 16.9 Å². The van der Waals surface area contributed by atoms with Crippen LogP contribution in [0, 0.1) is 0 Å². The number of fused-ring (bicyclic) bond motifs is 1. The standard InChI is InChI=1S/C15H19N3O3/c1-2-18-13-5-4-11(10-12(13)16-15(18)20)14(19)17-6-3-8-21-9-7-17/h4-5,10H,2-3,6-9H2,1H3,(H,16,20). The van der Waals surface area contributed by atoms with Crippen LogP contribution in [0.3, 0.4) is 0 Å². The highest BCUT2D eigenvalue weighted by atomic mass is 16.5. The second-order valence-electron chi connectivity index (χ2n) is 5.16. The number of amides is 1. The third-order valence-electron chi connectivity index (χ3n) is 3.85. The van der Waals surface area contributed by atoms with Crippen LogP contribution in [-0.2, 0) is 11.3 Å². The van der Waals surface area contributed by atoms with Gasteiger partial charge in [0.15, 0.2) is 0 Å². The molecule has 0 bridgehead atoms. The van der Waals surface area contributed by atoms with Crippen LogP contribution in [0.4, 0.5) is 0 Å². The number of H-pyrrole nitrogens is 1. The quantitative estimate of drug-likeness (QED) is 0.903. The van der Waals surface area contributed by atoms with E-state index < -0.39 is 0 Å². The number of carbonyl (C=O) groups is 1. The van der Waals surface area contributed by atoms with Gasteiger partial charge in [-0.1, -0.05) is 0 Å². The number of aryl methyl sites for hydroxylation is 1. The normalized spacial score (nSPS) is 16.1. The number of ether oxygens (including phenoxy) is 1. The monoisotopic (exact) mass is 289 g/mol. The fraction of sp³-hybridized carbons (Fsp3) is 0.467. The average molecular weight is 289 g/mol. The Labute approximate surface area is 122 Å². The summed E-state index contributed by atoms with van der Waals surface area (Å²) in [5.74, 6) is -0.00695. The molecular formula is C15H19N3O3. The number of hydrogen-bond donors (Lipinski definition) is 1. The van der Waals surface area contributed by atoms with Gasteiger partial charge in [0.2, 0.25) is 0 Å². The number of benzene rings is 1. The van der Waals surface area contributed by atoms with Crippen LogP contribution in [0.15, 0.2) is 23.0 Å². The fourth-order valence-corrected chi connectivity index (χ4v) is 2.74. The Bertz CT molecular complexity index is 709. The first-order valence-electron chi connectivity index (χ1n) is 7.30. The summed E-state index contributed by atoms with van der Waals surface area (Å²) in [5, 5.41) is 0. The molecule has 21 heavy (non-hydrogen) atoms. The van der Waals surface area contributed by atoms with E-state index in [1.807, 2.05) is 17.9 Å². The molecular weight excluding hydrogens is 270 g/mol. The summed E-state index contributed by atoms with van der Waals surface area (Å²) < 4.78 is 7.03. The molecule has 6 heteroatoms. The molecule has 1 aliphatic rings. The van der Waals surface area contributed by atoms with E-state index in [9.17, 15) is 9.59 Å². The van der Waals surface area contributed by atoms with E-state index in [2.05, 4.69) is 4.98 Å². The van der Waals surface area contributed by atoms with Crippen LogP contribution in [0.5, 0.6) is 0 Å². The van der Waals surface area contributed by atoms with Gasteiger partial charge in [0.25, 0.3) is 5.91 Å². The Kier molecular flexibility index (Phi) is 3.79. The summed E-state index contributed by atoms with van der Waals surface area (Å²) >= 11 is 0. The highest BCUT2D eigenvalue weighted by Gasteiger charge is 2.18. The second-order valence-corrected chi connectivity index (χ2v) is 5.16. The van der Waals surface area contributed by atoms with Crippen molar-refractivity contribution in [3.8, 4) is 0 Å². The first-order chi connectivity index (χ1) is 10.2. The van der Waals surface area contributed by atoms with Crippen LogP contribution < -0.4 is 5.69 Å². The number of hydrogen-bond acceptors (Lipinski definition) is 3. The lowest BCUT2D eigenvalue weighted by molar-refractivity contribution is 0.0741. The van der Waals surface area contributed by atoms with Crippen molar-refractivity contribution in [2.75, 3.05) is 26.3 Å². The minimum Gasteiger partial charge on any atom is -0.380 e. The Morgan fingerprint density at radius 1 is 1.33 bits per heavy atom. The number of rotatable bonds is 2. The highest BCUT2D eigenvalue weighted by molar-refractivity contribution is 5.97. The van der Waals surface area contributed by atoms with Gasteiger partial charge in [-0.05, 0) is 31.5 Å². The lowest BCUT2D eigenvalue weighted by Gasteiger charge is -2.19. The minimum absolute atomic E-state index is 0.00695. The zero-order chi connectivity index (χ0) is 14.8. The van der Waals surface area contributed by atoms with E-state index in [4.69, 9.17) is 4.74 Å². The summed E-state index contributed by atoms with van der Waals surface area (Å²) in [5.41, 5.74) is 2.01. The van der Waals surface area contributed by atoms with E-state index in [0.717, 1.165) is 11.9 Å². The molecule has 0 aliphatic carbocycles. The zero-order valence-electron chi connectivity index (χ0n) is 12.1. The number of aromatic nitrogens is 2. The van der Waals surface area contributed by atoms with Crippen molar-refractivity contribution in [1.29, 1.82) is 0 Å². The maximum Gasteiger partial charge on any atom is 0.326 e. The van der Waals surface area contributed by atoms with E-state index in [1.54, 1.807) is 16.7 Å². The van der Waals surface area contributed by atoms with E-state index in [-0.39, 0.29) is 11.6 Å². The van der Waals surface area contributed by atoms with Crippen LogP contribution in [0.25, 0.3) is 11.0 Å². The van der Waals surface area contributed by atoms with Gasteiger partial charge >= 0.3 is 5.69 Å². The van der Waals surface area contributed by atoms with Gasteiger partial charge in [0.1, 0.15) is 0 Å². The molecule has 2 heterocycles. The molecule has 1 aliphatic heterocycles. The summed E-state index contributed by atoms with van der Waals surface area (Å²) in [6.07, 6.45) is 0.858. The van der Waals surface area contributed by atoms with Gasteiger partial charge in [0, 0.05) is 31.8 Å². The van der Waals surface area contributed by atoms with Crippen LogP contribution >= 0.6 is 0 Å². The van der Waals surface area contributed by atoms with Gasteiger partial charge < -0.3 is 14.6 Å². The fourth-order valence-electron chi connectivity index (χ4n) is 2.74. The van der Waals surface area contributed by atoms with Crippen molar-refractivity contribution < 1.29 is 9.53 Å². The molecule has 0 saturated carbocycles. The van der Waals surface area contributed by atoms with Crippen molar-refractivity contribution in [3.05, 3.63) is 34.2 Å². The smallest absolute Gasteiger partial charge is 0.326 e. The molecule has 0 spiro atoms. The van der Waals surface area contributed by atoms with Crippen molar-refractivity contribution in [3.63, 3.8) is 0 Å². The van der Waals surface area contributed by atoms with Gasteiger partial charge in [-0.15, -0.1) is 0 Å². The molecule has 1 amide bonds. The van der Waals surface area contributed by atoms with Crippen LogP contribution in [0.2, 0.25) is 0 Å². The topological polar surface area (TPSA) is 67.3 Å². The molecule has 112 valence electrons. The summed E-state index contributed by atoms with van der Waals surface area (Å²) in [6, 6.07) is 5.38. The van der Waals surface area contributed by atoms with E-state index in [1.165, 1.54) is 0 Å². The Morgan fingerprint density at radius 3 is 3.00 bits per heavy atom. The molecule has 2 aromatic rings. The van der Waals surface area contributed by atoms with Crippen LogP contribution in [0.1, 0.15) is 23.7 Å². The molecule has 1 saturated heterocycles. The molecule has 1 N–H and O–H groups in total. The maximum absolute atomic E-state index is 12.5. The third-order valence-corrected chi connectivity index (χ3v) is 3.85. The van der Waals surface area contributed by atoms with E-state index >= 15 is 0 Å². The summed E-state index contributed by atoms with van der Waals surface area (Å²) in [6.45, 7) is 5.14. The molecule has 6 nitrogen and oxygen atoms in total. The number of aromatic amines is 1. The van der Waals surface area contributed by atoms with Gasteiger partial charge in [-0.3, -0.25) is 9.36 Å². The molecule has 3 rings (SSSR count). The Hall–Kier alpha value is -2.08. The van der Waals surface area contributed by atoms with Gasteiger partial charge in [0.05, 0.1) is 17.6 Å². The predicted molar refractivity (Wildman–Crippen MR) is 79.6 cm³/mol. The van der Waals surface area contributed by atoms with Gasteiger partial charge in [-0.25, -0.2) is 4.79 Å². The van der Waals surface area contributed by atoms with Crippen molar-refractivity contribution in [1.82, 2.24) is 14.5 Å². The lowest BCUT2D eigenvalue weighted by atomic mass is 10.1. The Morgan fingerprint density at radius 2 is 2.19 bits per heavy atom. The molecule has 0 radical (unpaired) electrons. The SMILES string of the molecule is CCn1c(=O)[nH]c2cc(C(=O)N3CCCOCC3)ccc21. The minimum atomic E-state index is -0.139. The summed E-state index contributed by atoms with van der Waals surface area (Å²) in [7, 11) is 0. The molecule has 1 fully saturated rings. The number of imidazole rings is 1. The number of carbonyl (C=O) groups excluding carboxylic acids is 1. The Balaban J connectivity index is 1.93. The first kappa shape index (κ1) is 13.9. The van der Waals surface area contributed by atoms with Crippen molar-refractivity contribution in [2.24, 2.45) is 0 Å². The molecule has 0 atom stereocenters. The number of nitrogens with zero attached hydrogens (tertiary/aromatic N) is 2.